The van der Waals surface area contributed by atoms with Gasteiger partial charge in [-0.05, 0) is 30.4 Å². The fourth-order valence-electron chi connectivity index (χ4n) is 2.83. The van der Waals surface area contributed by atoms with Gasteiger partial charge in [-0.3, -0.25) is 0 Å². The molecule has 2 aliphatic heterocycles. The first-order valence-electron chi connectivity index (χ1n) is 7.74. The van der Waals surface area contributed by atoms with Crippen molar-refractivity contribution in [3.8, 4) is 0 Å². The van der Waals surface area contributed by atoms with E-state index in [2.05, 4.69) is 19.9 Å². The van der Waals surface area contributed by atoms with Crippen LogP contribution in [0.4, 0.5) is 0 Å². The van der Waals surface area contributed by atoms with Gasteiger partial charge in [-0.1, -0.05) is 42.5 Å². The molecule has 0 unspecified atom stereocenters. The average molecular weight is 354 g/mol. The number of nitrogens with zero attached hydrogens (tertiary/aromatic N) is 4. The van der Waals surface area contributed by atoms with E-state index in [4.69, 9.17) is 0 Å². The first kappa shape index (κ1) is 19.4. The second-order valence-electron chi connectivity index (χ2n) is 5.76. The van der Waals surface area contributed by atoms with Crippen molar-refractivity contribution in [2.45, 2.75) is 0 Å². The summed E-state index contributed by atoms with van der Waals surface area (Å²) in [6, 6.07) is 15.9. The van der Waals surface area contributed by atoms with Crippen LogP contribution in [0.5, 0.6) is 0 Å². The Morgan fingerprint density at radius 2 is 0.808 bits per heavy atom. The summed E-state index contributed by atoms with van der Waals surface area (Å²) in [5.74, 6) is 0. The fourth-order valence-corrected chi connectivity index (χ4v) is 2.83. The molecule has 0 spiro atoms. The molecule has 0 radical (unpaired) electrons. The quantitative estimate of drug-likeness (QED) is 0.300. The molecule has 6 heteroatoms. The van der Waals surface area contributed by atoms with Gasteiger partial charge in [0.2, 0.25) is 0 Å². The van der Waals surface area contributed by atoms with E-state index >= 15 is 0 Å². The van der Waals surface area contributed by atoms with Crippen molar-refractivity contribution < 1.29 is 59.1 Å². The van der Waals surface area contributed by atoms with Gasteiger partial charge < -0.3 is 9.97 Å². The maximum absolute atomic E-state index is 4.59. The van der Waals surface area contributed by atoms with Crippen LogP contribution in [0.2, 0.25) is 0 Å². The molecule has 3 aromatic heterocycles. The van der Waals surface area contributed by atoms with E-state index in [9.17, 15) is 0 Å². The first-order chi connectivity index (χ1) is 11.8. The zero-order valence-electron chi connectivity index (χ0n) is 14.7. The normalized spacial score (nSPS) is 11.7. The van der Waals surface area contributed by atoms with E-state index in [1.165, 1.54) is 0 Å². The first-order valence-corrected chi connectivity index (χ1v) is 7.74. The molecule has 26 heavy (non-hydrogen) atoms. The Kier molecular flexibility index (Phi) is 6.03. The Hall–Kier alpha value is -1.40. The molecule has 0 saturated heterocycles. The summed E-state index contributed by atoms with van der Waals surface area (Å²) in [6.45, 7) is 0. The van der Waals surface area contributed by atoms with Crippen LogP contribution in [0.1, 0.15) is 22.8 Å². The van der Waals surface area contributed by atoms with E-state index in [1.807, 2.05) is 72.8 Å². The average Bonchev–Trinajstić information content (AvgIpc) is 3.32. The molecule has 0 saturated carbocycles. The molecular formula is C20H12N4Na2. The van der Waals surface area contributed by atoms with Crippen molar-refractivity contribution in [3.05, 3.63) is 71.3 Å². The second kappa shape index (κ2) is 8.09. The molecule has 114 valence electrons. The van der Waals surface area contributed by atoms with Crippen molar-refractivity contribution in [1.29, 1.82) is 0 Å². The van der Waals surface area contributed by atoms with Crippen molar-refractivity contribution in [1.82, 2.24) is 19.9 Å². The molecule has 0 amide bonds. The molecule has 5 rings (SSSR count). The van der Waals surface area contributed by atoms with Crippen LogP contribution in [0.15, 0.2) is 48.5 Å². The summed E-state index contributed by atoms with van der Waals surface area (Å²) < 4.78 is 0. The Balaban J connectivity index is 0.000000980. The topological polar surface area (TPSA) is 54.0 Å². The molecule has 2 aliphatic rings. The Bertz CT molecular complexity index is 1080. The number of aromatic nitrogens is 4. The monoisotopic (exact) mass is 354 g/mol. The summed E-state index contributed by atoms with van der Waals surface area (Å²) in [5, 5.41) is 0. The van der Waals surface area contributed by atoms with Crippen LogP contribution in [-0.4, -0.2) is 9.97 Å². The van der Waals surface area contributed by atoms with Crippen molar-refractivity contribution in [3.63, 3.8) is 0 Å². The zero-order valence-corrected chi connectivity index (χ0v) is 18.7. The molecule has 0 fully saturated rings. The van der Waals surface area contributed by atoms with Crippen LogP contribution >= 0.6 is 0 Å². The van der Waals surface area contributed by atoms with E-state index in [-0.39, 0.29) is 59.1 Å². The van der Waals surface area contributed by atoms with Crippen LogP contribution in [-0.2, 0) is 0 Å². The Morgan fingerprint density at radius 1 is 0.462 bits per heavy atom. The maximum atomic E-state index is 4.59. The van der Waals surface area contributed by atoms with Gasteiger partial charge in [-0.15, -0.1) is 22.1 Å². The molecule has 8 bridgehead atoms. The third kappa shape index (κ3) is 4.12. The molecule has 5 heterocycles. The molecule has 0 aliphatic carbocycles. The minimum Gasteiger partial charge on any atom is -0.658 e. The van der Waals surface area contributed by atoms with Crippen LogP contribution < -0.4 is 69.1 Å². The molecule has 3 aromatic rings. The van der Waals surface area contributed by atoms with Crippen molar-refractivity contribution >= 4 is 46.4 Å². The summed E-state index contributed by atoms with van der Waals surface area (Å²) in [4.78, 5) is 18.4. The van der Waals surface area contributed by atoms with Gasteiger partial charge >= 0.3 is 59.1 Å². The van der Waals surface area contributed by atoms with Gasteiger partial charge in [0.05, 0.1) is 22.8 Å². The van der Waals surface area contributed by atoms with Crippen LogP contribution in [0.25, 0.3) is 46.4 Å². The van der Waals surface area contributed by atoms with E-state index < -0.39 is 0 Å². The SMILES string of the molecule is C1=Cc2cc3ccc(cc4ccc(cc5nc(cc1n2)C=C5)[n-]4)[n-]3.[Na+].[Na+]. The van der Waals surface area contributed by atoms with Crippen molar-refractivity contribution in [2.24, 2.45) is 0 Å². The van der Waals surface area contributed by atoms with Crippen LogP contribution in [0, 0.1) is 0 Å². The molecule has 4 nitrogen and oxygen atoms in total. The number of fused-ring (bicyclic) bond motifs is 8. The van der Waals surface area contributed by atoms with Crippen molar-refractivity contribution in [2.75, 3.05) is 0 Å². The largest absolute Gasteiger partial charge is 1.00 e. The number of rotatable bonds is 0. The van der Waals surface area contributed by atoms with Gasteiger partial charge in [0.15, 0.2) is 0 Å². The Morgan fingerprint density at radius 3 is 1.23 bits per heavy atom. The molecule has 0 aromatic carbocycles. The minimum absolute atomic E-state index is 0. The number of hydrogen-bond acceptors (Lipinski definition) is 2. The minimum atomic E-state index is 0. The second-order valence-corrected chi connectivity index (χ2v) is 5.76. The van der Waals surface area contributed by atoms with Crippen LogP contribution in [0.3, 0.4) is 0 Å². The Labute approximate surface area is 195 Å². The predicted molar refractivity (Wildman–Crippen MR) is 96.8 cm³/mol. The maximum Gasteiger partial charge on any atom is 1.00 e. The zero-order chi connectivity index (χ0) is 15.9. The van der Waals surface area contributed by atoms with E-state index in [0.717, 1.165) is 44.8 Å². The fraction of sp³-hybridized carbons (Fsp3) is 0. The smallest absolute Gasteiger partial charge is 0.658 e. The van der Waals surface area contributed by atoms with Gasteiger partial charge in [0.25, 0.3) is 0 Å². The summed E-state index contributed by atoms with van der Waals surface area (Å²) in [6.07, 6.45) is 7.95. The van der Waals surface area contributed by atoms with Gasteiger partial charge in [-0.2, -0.15) is 0 Å². The van der Waals surface area contributed by atoms with E-state index in [1.54, 1.807) is 0 Å². The van der Waals surface area contributed by atoms with E-state index in [0.29, 0.717) is 0 Å². The van der Waals surface area contributed by atoms with Gasteiger partial charge in [-0.25, -0.2) is 9.97 Å². The van der Waals surface area contributed by atoms with Gasteiger partial charge in [0, 0.05) is 0 Å². The molecule has 0 N–H and O–H groups in total. The number of hydrogen-bond donors (Lipinski definition) is 0. The summed E-state index contributed by atoms with van der Waals surface area (Å²) in [5.41, 5.74) is 7.15. The molecule has 0 atom stereocenters. The van der Waals surface area contributed by atoms with Gasteiger partial charge in [0.1, 0.15) is 0 Å². The molecular weight excluding hydrogens is 342 g/mol. The predicted octanol–water partition coefficient (Wildman–Crippen LogP) is -2.08. The third-order valence-electron chi connectivity index (χ3n) is 3.92. The summed E-state index contributed by atoms with van der Waals surface area (Å²) in [7, 11) is 0. The third-order valence-corrected chi connectivity index (χ3v) is 3.92. The standard InChI is InChI=1S/C20H12N4.2Na/c1-2-14-10-16-5-6-18(23-16)12-20-8-7-19(24-20)11-17-4-3-15(22-17)9-13(1)21-14;;/h1-12H;;/q-2;2*+1. The summed E-state index contributed by atoms with van der Waals surface area (Å²) >= 11 is 0.